The molecular formula is C15H16S2. The molecule has 0 nitrogen and oxygen atoms in total. The summed E-state index contributed by atoms with van der Waals surface area (Å²) in [6, 6.07) is 10.3. The van der Waals surface area contributed by atoms with Gasteiger partial charge in [-0.1, -0.05) is 77.2 Å². The molecule has 0 unspecified atom stereocenters. The highest BCUT2D eigenvalue weighted by Gasteiger charge is 2.01. The van der Waals surface area contributed by atoms with E-state index in [1.807, 2.05) is 43.4 Å². The third-order valence-electron chi connectivity index (χ3n) is 1.95. The SMILES string of the molecule is C=C/C=C(\C=C/C)C(=C)SSc1ccccc1. The van der Waals surface area contributed by atoms with Crippen LogP contribution in [0.2, 0.25) is 0 Å². The third kappa shape index (κ3) is 5.16. The molecule has 0 aromatic heterocycles. The van der Waals surface area contributed by atoms with Gasteiger partial charge in [0, 0.05) is 9.80 Å². The maximum Gasteiger partial charge on any atom is 0.0186 e. The zero-order valence-corrected chi connectivity index (χ0v) is 11.6. The van der Waals surface area contributed by atoms with Crippen LogP contribution in [-0.4, -0.2) is 0 Å². The van der Waals surface area contributed by atoms with E-state index < -0.39 is 0 Å². The average molecular weight is 260 g/mol. The van der Waals surface area contributed by atoms with Crippen molar-refractivity contribution in [3.63, 3.8) is 0 Å². The lowest BCUT2D eigenvalue weighted by atomic mass is 10.2. The summed E-state index contributed by atoms with van der Waals surface area (Å²) in [7, 11) is 3.39. The van der Waals surface area contributed by atoms with Crippen LogP contribution in [0.1, 0.15) is 6.92 Å². The lowest BCUT2D eigenvalue weighted by molar-refractivity contribution is 1.48. The van der Waals surface area contributed by atoms with Crippen LogP contribution in [0.25, 0.3) is 0 Å². The molecule has 0 saturated heterocycles. The molecule has 0 fully saturated rings. The fourth-order valence-corrected chi connectivity index (χ4v) is 3.08. The Hall–Kier alpha value is -1.12. The molecule has 0 radical (unpaired) electrons. The molecule has 0 spiro atoms. The maximum absolute atomic E-state index is 4.08. The Morgan fingerprint density at radius 3 is 2.53 bits per heavy atom. The standard InChI is InChI=1S/C15H16S2/c1-4-9-14(10-5-2)13(3)16-17-15-11-7-6-8-12-15/h4-12H,1,3H2,2H3/b10-5-,14-9+. The Morgan fingerprint density at radius 2 is 1.94 bits per heavy atom. The minimum Gasteiger partial charge on any atom is -0.0990 e. The average Bonchev–Trinajstić information content (AvgIpc) is 2.37. The largest absolute Gasteiger partial charge is 0.0990 e. The monoisotopic (exact) mass is 260 g/mol. The third-order valence-corrected chi connectivity index (χ3v) is 4.36. The lowest BCUT2D eigenvalue weighted by Gasteiger charge is -2.05. The zero-order valence-electron chi connectivity index (χ0n) is 9.93. The lowest BCUT2D eigenvalue weighted by Crippen LogP contribution is -1.77. The Balaban J connectivity index is 2.60. The summed E-state index contributed by atoms with van der Waals surface area (Å²) in [5.74, 6) is 0. The second-order valence-electron chi connectivity index (χ2n) is 3.26. The predicted molar refractivity (Wildman–Crippen MR) is 82.1 cm³/mol. The molecule has 0 atom stereocenters. The van der Waals surface area contributed by atoms with Crippen molar-refractivity contribution in [1.29, 1.82) is 0 Å². The van der Waals surface area contributed by atoms with Crippen molar-refractivity contribution in [3.8, 4) is 0 Å². The minimum atomic E-state index is 1.04. The van der Waals surface area contributed by atoms with Gasteiger partial charge in [0.25, 0.3) is 0 Å². The number of benzene rings is 1. The van der Waals surface area contributed by atoms with Gasteiger partial charge in [-0.3, -0.25) is 0 Å². The smallest absolute Gasteiger partial charge is 0.0186 e. The van der Waals surface area contributed by atoms with Crippen molar-refractivity contribution in [2.24, 2.45) is 0 Å². The molecule has 0 amide bonds. The van der Waals surface area contributed by atoms with E-state index in [0.29, 0.717) is 0 Å². The molecule has 1 aromatic carbocycles. The van der Waals surface area contributed by atoms with Crippen LogP contribution < -0.4 is 0 Å². The van der Waals surface area contributed by atoms with Crippen LogP contribution in [0, 0.1) is 0 Å². The predicted octanol–water partition coefficient (Wildman–Crippen LogP) is 5.63. The highest BCUT2D eigenvalue weighted by atomic mass is 33.1. The number of hydrogen-bond donors (Lipinski definition) is 0. The normalized spacial score (nSPS) is 11.7. The van der Waals surface area contributed by atoms with E-state index >= 15 is 0 Å². The molecule has 0 saturated carbocycles. The zero-order chi connectivity index (χ0) is 12.5. The molecule has 0 heterocycles. The fourth-order valence-electron chi connectivity index (χ4n) is 1.17. The van der Waals surface area contributed by atoms with E-state index in [2.05, 4.69) is 25.3 Å². The first-order valence-corrected chi connectivity index (χ1v) is 7.47. The second kappa shape index (κ2) is 8.04. The van der Waals surface area contributed by atoms with Crippen molar-refractivity contribution in [2.75, 3.05) is 0 Å². The van der Waals surface area contributed by atoms with Gasteiger partial charge < -0.3 is 0 Å². The van der Waals surface area contributed by atoms with Gasteiger partial charge in [-0.15, -0.1) is 0 Å². The molecule has 0 N–H and O–H groups in total. The molecule has 1 rings (SSSR count). The quantitative estimate of drug-likeness (QED) is 0.480. The Labute approximate surface area is 112 Å². The summed E-state index contributed by atoms with van der Waals surface area (Å²) >= 11 is 0. The molecule has 0 aliphatic rings. The molecule has 1 aromatic rings. The molecule has 0 bridgehead atoms. The molecule has 0 aliphatic carbocycles. The van der Waals surface area contributed by atoms with Gasteiger partial charge in [0.1, 0.15) is 0 Å². The van der Waals surface area contributed by atoms with E-state index in [4.69, 9.17) is 0 Å². The number of rotatable bonds is 6. The molecular weight excluding hydrogens is 244 g/mol. The summed E-state index contributed by atoms with van der Waals surface area (Å²) in [5, 5.41) is 0. The number of hydrogen-bond acceptors (Lipinski definition) is 2. The Morgan fingerprint density at radius 1 is 1.24 bits per heavy atom. The molecule has 17 heavy (non-hydrogen) atoms. The van der Waals surface area contributed by atoms with E-state index in [1.54, 1.807) is 27.7 Å². The molecule has 88 valence electrons. The van der Waals surface area contributed by atoms with Crippen LogP contribution in [0.4, 0.5) is 0 Å². The van der Waals surface area contributed by atoms with Crippen molar-refractivity contribution in [1.82, 2.24) is 0 Å². The van der Waals surface area contributed by atoms with Gasteiger partial charge in [-0.05, 0) is 24.6 Å². The second-order valence-corrected chi connectivity index (χ2v) is 5.56. The van der Waals surface area contributed by atoms with E-state index in [1.165, 1.54) is 4.90 Å². The van der Waals surface area contributed by atoms with Crippen LogP contribution in [-0.2, 0) is 0 Å². The number of allylic oxidation sites excluding steroid dienone is 5. The van der Waals surface area contributed by atoms with Crippen molar-refractivity contribution >= 4 is 21.6 Å². The summed E-state index contributed by atoms with van der Waals surface area (Å²) in [6.07, 6.45) is 7.81. The summed E-state index contributed by atoms with van der Waals surface area (Å²) in [5.41, 5.74) is 1.11. The van der Waals surface area contributed by atoms with Gasteiger partial charge >= 0.3 is 0 Å². The van der Waals surface area contributed by atoms with Gasteiger partial charge in [0.05, 0.1) is 0 Å². The van der Waals surface area contributed by atoms with E-state index in [9.17, 15) is 0 Å². The topological polar surface area (TPSA) is 0 Å². The van der Waals surface area contributed by atoms with Crippen molar-refractivity contribution in [3.05, 3.63) is 78.3 Å². The summed E-state index contributed by atoms with van der Waals surface area (Å²) in [6.45, 7) is 9.80. The fraction of sp³-hybridized carbons (Fsp3) is 0.0667. The Bertz CT molecular complexity index is 427. The maximum atomic E-state index is 4.08. The Kier molecular flexibility index (Phi) is 6.60. The highest BCUT2D eigenvalue weighted by Crippen LogP contribution is 2.39. The van der Waals surface area contributed by atoms with Crippen molar-refractivity contribution < 1.29 is 0 Å². The first-order chi connectivity index (χ1) is 8.27. The molecule has 2 heteroatoms. The van der Waals surface area contributed by atoms with Crippen molar-refractivity contribution in [2.45, 2.75) is 11.8 Å². The van der Waals surface area contributed by atoms with E-state index in [0.717, 1.165) is 10.5 Å². The first-order valence-electron chi connectivity index (χ1n) is 5.32. The minimum absolute atomic E-state index is 1.04. The first kappa shape index (κ1) is 13.9. The van der Waals surface area contributed by atoms with Crippen LogP contribution in [0.3, 0.4) is 0 Å². The van der Waals surface area contributed by atoms with Gasteiger partial charge in [-0.2, -0.15) is 0 Å². The van der Waals surface area contributed by atoms with Gasteiger partial charge in [0.15, 0.2) is 0 Å². The van der Waals surface area contributed by atoms with E-state index in [-0.39, 0.29) is 0 Å². The summed E-state index contributed by atoms with van der Waals surface area (Å²) < 4.78 is 0. The van der Waals surface area contributed by atoms with Crippen LogP contribution in [0.15, 0.2) is 83.2 Å². The highest BCUT2D eigenvalue weighted by molar-refractivity contribution is 8.78. The molecule has 0 aliphatic heterocycles. The van der Waals surface area contributed by atoms with Gasteiger partial charge in [-0.25, -0.2) is 0 Å². The van der Waals surface area contributed by atoms with Crippen LogP contribution in [0.5, 0.6) is 0 Å². The summed E-state index contributed by atoms with van der Waals surface area (Å²) in [4.78, 5) is 2.27. The van der Waals surface area contributed by atoms with Crippen LogP contribution >= 0.6 is 21.6 Å². The van der Waals surface area contributed by atoms with Gasteiger partial charge in [0.2, 0.25) is 0 Å².